The summed E-state index contributed by atoms with van der Waals surface area (Å²) in [7, 11) is 0. The summed E-state index contributed by atoms with van der Waals surface area (Å²) in [4.78, 5) is 21.2. The third kappa shape index (κ3) is 3.54. The van der Waals surface area contributed by atoms with Gasteiger partial charge in [0, 0.05) is 50.7 Å². The first kappa shape index (κ1) is 15.8. The molecule has 1 saturated heterocycles. The number of carbonyl (C=O) groups is 1. The summed E-state index contributed by atoms with van der Waals surface area (Å²) in [6, 6.07) is 18.2. The van der Waals surface area contributed by atoms with Gasteiger partial charge in [-0.3, -0.25) is 14.7 Å². The Balaban J connectivity index is 1.40. The Bertz CT molecular complexity index is 870. The van der Waals surface area contributed by atoms with Gasteiger partial charge < -0.3 is 4.90 Å². The zero-order valence-electron chi connectivity index (χ0n) is 14.1. The van der Waals surface area contributed by atoms with Crippen LogP contribution >= 0.6 is 0 Å². The number of hydrogen-bond acceptors (Lipinski definition) is 3. The van der Waals surface area contributed by atoms with Crippen molar-refractivity contribution in [2.45, 2.75) is 6.54 Å². The Morgan fingerprint density at radius 1 is 0.880 bits per heavy atom. The van der Waals surface area contributed by atoms with E-state index in [1.54, 1.807) is 0 Å². The van der Waals surface area contributed by atoms with Crippen molar-refractivity contribution in [2.24, 2.45) is 0 Å². The first-order valence-corrected chi connectivity index (χ1v) is 8.69. The van der Waals surface area contributed by atoms with E-state index >= 15 is 0 Å². The standard InChI is InChI=1S/C21H21N3O/c25-21(20-6-5-18-3-1-2-4-19(18)15-20)24-13-11-23(12-14-24)16-17-7-9-22-10-8-17/h1-10,15H,11-14,16H2. The van der Waals surface area contributed by atoms with E-state index in [2.05, 4.69) is 22.0 Å². The predicted octanol–water partition coefficient (Wildman–Crippen LogP) is 3.19. The number of benzene rings is 2. The molecule has 0 radical (unpaired) electrons. The molecule has 126 valence electrons. The summed E-state index contributed by atoms with van der Waals surface area (Å²) in [5.74, 6) is 0.134. The summed E-state index contributed by atoms with van der Waals surface area (Å²) >= 11 is 0. The quantitative estimate of drug-likeness (QED) is 0.739. The fourth-order valence-electron chi connectivity index (χ4n) is 3.36. The molecular formula is C21H21N3O. The Labute approximate surface area is 147 Å². The largest absolute Gasteiger partial charge is 0.336 e. The minimum Gasteiger partial charge on any atom is -0.336 e. The number of aromatic nitrogens is 1. The summed E-state index contributed by atoms with van der Waals surface area (Å²) < 4.78 is 0. The van der Waals surface area contributed by atoms with E-state index in [9.17, 15) is 4.79 Å². The molecule has 4 nitrogen and oxygen atoms in total. The minimum absolute atomic E-state index is 0.134. The maximum absolute atomic E-state index is 12.8. The molecule has 1 aromatic heterocycles. The lowest BCUT2D eigenvalue weighted by Gasteiger charge is -2.34. The number of pyridine rings is 1. The van der Waals surface area contributed by atoms with Crippen molar-refractivity contribution < 1.29 is 4.79 Å². The van der Waals surface area contributed by atoms with E-state index in [0.29, 0.717) is 0 Å². The van der Waals surface area contributed by atoms with Crippen LogP contribution in [0.3, 0.4) is 0 Å². The van der Waals surface area contributed by atoms with Gasteiger partial charge in [0.2, 0.25) is 0 Å². The molecule has 4 rings (SSSR count). The maximum Gasteiger partial charge on any atom is 0.253 e. The van der Waals surface area contributed by atoms with Crippen LogP contribution in [0.25, 0.3) is 10.8 Å². The molecule has 25 heavy (non-hydrogen) atoms. The topological polar surface area (TPSA) is 36.4 Å². The monoisotopic (exact) mass is 331 g/mol. The predicted molar refractivity (Wildman–Crippen MR) is 99.4 cm³/mol. The second kappa shape index (κ2) is 7.03. The molecule has 0 bridgehead atoms. The first-order valence-electron chi connectivity index (χ1n) is 8.69. The summed E-state index contributed by atoms with van der Waals surface area (Å²) in [5, 5.41) is 2.28. The molecule has 0 unspecified atom stereocenters. The molecule has 2 aromatic carbocycles. The van der Waals surface area contributed by atoms with Crippen LogP contribution in [0.1, 0.15) is 15.9 Å². The Kier molecular flexibility index (Phi) is 4.44. The van der Waals surface area contributed by atoms with Crippen LogP contribution in [0.15, 0.2) is 67.0 Å². The van der Waals surface area contributed by atoms with Crippen LogP contribution in [-0.4, -0.2) is 46.9 Å². The van der Waals surface area contributed by atoms with Gasteiger partial charge in [-0.1, -0.05) is 30.3 Å². The lowest BCUT2D eigenvalue weighted by molar-refractivity contribution is 0.0628. The van der Waals surface area contributed by atoms with E-state index in [4.69, 9.17) is 0 Å². The molecule has 2 heterocycles. The van der Waals surface area contributed by atoms with Crippen LogP contribution in [0.4, 0.5) is 0 Å². The number of rotatable bonds is 3. The van der Waals surface area contributed by atoms with Crippen molar-refractivity contribution in [1.82, 2.24) is 14.8 Å². The van der Waals surface area contributed by atoms with E-state index in [-0.39, 0.29) is 5.91 Å². The zero-order valence-corrected chi connectivity index (χ0v) is 14.1. The van der Waals surface area contributed by atoms with E-state index < -0.39 is 0 Å². The van der Waals surface area contributed by atoms with Crippen LogP contribution in [-0.2, 0) is 6.54 Å². The van der Waals surface area contributed by atoms with Gasteiger partial charge in [0.05, 0.1) is 0 Å². The molecule has 1 aliphatic rings. The highest BCUT2D eigenvalue weighted by Crippen LogP contribution is 2.18. The molecule has 3 aromatic rings. The average molecular weight is 331 g/mol. The summed E-state index contributed by atoms with van der Waals surface area (Å²) in [5.41, 5.74) is 2.05. The number of nitrogens with zero attached hydrogens (tertiary/aromatic N) is 3. The Morgan fingerprint density at radius 2 is 1.60 bits per heavy atom. The van der Waals surface area contributed by atoms with Crippen molar-refractivity contribution in [1.29, 1.82) is 0 Å². The van der Waals surface area contributed by atoms with Gasteiger partial charge in [-0.2, -0.15) is 0 Å². The zero-order chi connectivity index (χ0) is 17.1. The highest BCUT2D eigenvalue weighted by Gasteiger charge is 2.22. The van der Waals surface area contributed by atoms with Gasteiger partial charge >= 0.3 is 0 Å². The minimum atomic E-state index is 0.134. The lowest BCUT2D eigenvalue weighted by atomic mass is 10.1. The molecule has 0 spiro atoms. The van der Waals surface area contributed by atoms with Crippen LogP contribution in [0, 0.1) is 0 Å². The molecule has 0 saturated carbocycles. The number of piperazine rings is 1. The van der Waals surface area contributed by atoms with E-state index in [0.717, 1.165) is 43.7 Å². The summed E-state index contributed by atoms with van der Waals surface area (Å²) in [6.45, 7) is 4.28. The SMILES string of the molecule is O=C(c1ccc2ccccc2c1)N1CCN(Cc2ccncc2)CC1. The third-order valence-electron chi connectivity index (χ3n) is 4.81. The van der Waals surface area contributed by atoms with Gasteiger partial charge in [0.1, 0.15) is 0 Å². The molecule has 0 atom stereocenters. The molecule has 0 N–H and O–H groups in total. The average Bonchev–Trinajstić information content (AvgIpc) is 2.68. The van der Waals surface area contributed by atoms with Crippen molar-refractivity contribution in [3.63, 3.8) is 0 Å². The summed E-state index contributed by atoms with van der Waals surface area (Å²) in [6.07, 6.45) is 3.66. The number of amides is 1. The van der Waals surface area contributed by atoms with Gasteiger partial charge in [-0.15, -0.1) is 0 Å². The van der Waals surface area contributed by atoms with E-state index in [1.165, 1.54) is 10.9 Å². The molecule has 1 aliphatic heterocycles. The van der Waals surface area contributed by atoms with Crippen LogP contribution in [0.5, 0.6) is 0 Å². The molecular weight excluding hydrogens is 310 g/mol. The smallest absolute Gasteiger partial charge is 0.253 e. The number of fused-ring (bicyclic) bond motifs is 1. The van der Waals surface area contributed by atoms with Gasteiger partial charge in [-0.25, -0.2) is 0 Å². The van der Waals surface area contributed by atoms with Crippen molar-refractivity contribution in [3.05, 3.63) is 78.1 Å². The van der Waals surface area contributed by atoms with Crippen molar-refractivity contribution >= 4 is 16.7 Å². The van der Waals surface area contributed by atoms with Crippen LogP contribution < -0.4 is 0 Å². The highest BCUT2D eigenvalue weighted by molar-refractivity contribution is 5.98. The normalized spacial score (nSPS) is 15.4. The molecule has 1 fully saturated rings. The fraction of sp³-hybridized carbons (Fsp3) is 0.238. The first-order chi connectivity index (χ1) is 12.3. The third-order valence-corrected chi connectivity index (χ3v) is 4.81. The molecule has 0 aliphatic carbocycles. The lowest BCUT2D eigenvalue weighted by Crippen LogP contribution is -2.48. The maximum atomic E-state index is 12.8. The Hall–Kier alpha value is -2.72. The van der Waals surface area contributed by atoms with Crippen molar-refractivity contribution in [2.75, 3.05) is 26.2 Å². The van der Waals surface area contributed by atoms with Gasteiger partial charge in [-0.05, 0) is 40.6 Å². The van der Waals surface area contributed by atoms with Gasteiger partial charge in [0.25, 0.3) is 5.91 Å². The highest BCUT2D eigenvalue weighted by atomic mass is 16.2. The molecule has 1 amide bonds. The Morgan fingerprint density at radius 3 is 2.36 bits per heavy atom. The number of hydrogen-bond donors (Lipinski definition) is 0. The van der Waals surface area contributed by atoms with Crippen molar-refractivity contribution in [3.8, 4) is 0 Å². The molecule has 4 heteroatoms. The second-order valence-electron chi connectivity index (χ2n) is 6.49. The van der Waals surface area contributed by atoms with E-state index in [1.807, 2.05) is 59.8 Å². The number of carbonyl (C=O) groups excluding carboxylic acids is 1. The van der Waals surface area contributed by atoms with Crippen LogP contribution in [0.2, 0.25) is 0 Å². The fourth-order valence-corrected chi connectivity index (χ4v) is 3.36. The second-order valence-corrected chi connectivity index (χ2v) is 6.49. The van der Waals surface area contributed by atoms with Gasteiger partial charge in [0.15, 0.2) is 0 Å².